The van der Waals surface area contributed by atoms with Crippen molar-refractivity contribution in [3.8, 4) is 5.75 Å². The van der Waals surface area contributed by atoms with Crippen LogP contribution in [0.1, 0.15) is 54.6 Å². The highest BCUT2D eigenvalue weighted by atomic mass is 32.2. The number of nitrogens with one attached hydrogen (secondary N) is 1. The molecule has 0 saturated carbocycles. The standard InChI is InChI=1S/C29H32N2O6S/c1-18(31-26(32)24-23(29(3,4)28(34)35)22(36-5)16-17-30-24)27(33)37-19(2)25(20-12-8-6-9-13-20)38-21-14-10-7-11-15-21/h6-19,25H,1-5H3,(H,31,32)(H,34,35)/t18-,19-,25-/m0/s1. The third-order valence-electron chi connectivity index (χ3n) is 6.07. The van der Waals surface area contributed by atoms with Crippen molar-refractivity contribution in [2.24, 2.45) is 0 Å². The highest BCUT2D eigenvalue weighted by Gasteiger charge is 2.38. The van der Waals surface area contributed by atoms with Gasteiger partial charge in [-0.05, 0) is 51.5 Å². The van der Waals surface area contributed by atoms with Crippen molar-refractivity contribution in [2.45, 2.75) is 55.4 Å². The predicted molar refractivity (Wildman–Crippen MR) is 145 cm³/mol. The fourth-order valence-corrected chi connectivity index (χ4v) is 5.04. The number of nitrogens with zero attached hydrogens (tertiary/aromatic N) is 1. The van der Waals surface area contributed by atoms with E-state index in [4.69, 9.17) is 9.47 Å². The second kappa shape index (κ2) is 12.6. The summed E-state index contributed by atoms with van der Waals surface area (Å²) in [5.41, 5.74) is -0.488. The van der Waals surface area contributed by atoms with Crippen LogP contribution >= 0.6 is 11.8 Å². The van der Waals surface area contributed by atoms with E-state index >= 15 is 0 Å². The zero-order chi connectivity index (χ0) is 27.9. The number of aromatic nitrogens is 1. The zero-order valence-electron chi connectivity index (χ0n) is 22.0. The van der Waals surface area contributed by atoms with Crippen LogP contribution in [0.25, 0.3) is 0 Å². The number of carboxylic acid groups (broad SMARTS) is 1. The Labute approximate surface area is 226 Å². The van der Waals surface area contributed by atoms with E-state index in [1.54, 1.807) is 11.8 Å². The average Bonchev–Trinajstić information content (AvgIpc) is 2.91. The number of thioether (sulfide) groups is 1. The molecule has 0 saturated heterocycles. The highest BCUT2D eigenvalue weighted by Crippen LogP contribution is 2.39. The molecule has 0 fully saturated rings. The minimum atomic E-state index is -1.47. The number of esters is 1. The van der Waals surface area contributed by atoms with E-state index in [-0.39, 0.29) is 22.3 Å². The van der Waals surface area contributed by atoms with Gasteiger partial charge in [0, 0.05) is 16.7 Å². The molecular formula is C29H32N2O6S. The lowest BCUT2D eigenvalue weighted by molar-refractivity contribution is -0.150. The number of hydrogen-bond donors (Lipinski definition) is 2. The maximum atomic E-state index is 13.2. The summed E-state index contributed by atoms with van der Waals surface area (Å²) in [5.74, 6) is -2.27. The molecule has 0 radical (unpaired) electrons. The van der Waals surface area contributed by atoms with Crippen LogP contribution < -0.4 is 10.1 Å². The number of hydrogen-bond acceptors (Lipinski definition) is 7. The minimum absolute atomic E-state index is 0.116. The maximum Gasteiger partial charge on any atom is 0.328 e. The Bertz CT molecular complexity index is 1270. The average molecular weight is 537 g/mol. The molecule has 200 valence electrons. The van der Waals surface area contributed by atoms with Crippen molar-refractivity contribution in [3.63, 3.8) is 0 Å². The Morgan fingerprint density at radius 1 is 0.974 bits per heavy atom. The summed E-state index contributed by atoms with van der Waals surface area (Å²) in [7, 11) is 1.39. The number of ether oxygens (including phenoxy) is 2. The number of rotatable bonds is 11. The Kier molecular flexibility index (Phi) is 9.52. The molecule has 3 rings (SSSR count). The Balaban J connectivity index is 1.78. The lowest BCUT2D eigenvalue weighted by Gasteiger charge is -2.26. The summed E-state index contributed by atoms with van der Waals surface area (Å²) in [5, 5.41) is 12.2. The molecule has 1 aromatic heterocycles. The van der Waals surface area contributed by atoms with Crippen LogP contribution in [0, 0.1) is 0 Å². The molecule has 0 aliphatic rings. The molecular weight excluding hydrogens is 504 g/mol. The van der Waals surface area contributed by atoms with Gasteiger partial charge in [-0.1, -0.05) is 48.5 Å². The molecule has 9 heteroatoms. The van der Waals surface area contributed by atoms with E-state index in [0.29, 0.717) is 0 Å². The van der Waals surface area contributed by atoms with Gasteiger partial charge in [-0.15, -0.1) is 11.8 Å². The van der Waals surface area contributed by atoms with Gasteiger partial charge in [0.2, 0.25) is 0 Å². The molecule has 0 spiro atoms. The Hall–Kier alpha value is -3.85. The number of benzene rings is 2. The summed E-state index contributed by atoms with van der Waals surface area (Å²) in [4.78, 5) is 43.3. The second-order valence-corrected chi connectivity index (χ2v) is 10.5. The first-order valence-corrected chi connectivity index (χ1v) is 13.0. The van der Waals surface area contributed by atoms with E-state index < -0.39 is 35.4 Å². The number of carbonyl (C=O) groups is 3. The molecule has 2 N–H and O–H groups in total. The molecule has 0 aliphatic heterocycles. The molecule has 0 bridgehead atoms. The van der Waals surface area contributed by atoms with Gasteiger partial charge < -0.3 is 19.9 Å². The number of methoxy groups -OCH3 is 1. The van der Waals surface area contributed by atoms with Gasteiger partial charge in [0.25, 0.3) is 5.91 Å². The van der Waals surface area contributed by atoms with Crippen LogP contribution in [0.15, 0.2) is 77.8 Å². The monoisotopic (exact) mass is 536 g/mol. The Morgan fingerprint density at radius 2 is 1.58 bits per heavy atom. The van der Waals surface area contributed by atoms with Crippen LogP contribution in [0.3, 0.4) is 0 Å². The summed E-state index contributed by atoms with van der Waals surface area (Å²) < 4.78 is 11.1. The quantitative estimate of drug-likeness (QED) is 0.259. The van der Waals surface area contributed by atoms with Crippen LogP contribution in [0.4, 0.5) is 0 Å². The predicted octanol–water partition coefficient (Wildman–Crippen LogP) is 5.04. The number of carboxylic acids is 1. The molecule has 38 heavy (non-hydrogen) atoms. The largest absolute Gasteiger partial charge is 0.496 e. The van der Waals surface area contributed by atoms with Gasteiger partial charge in [0.1, 0.15) is 23.6 Å². The molecule has 1 amide bonds. The molecule has 0 unspecified atom stereocenters. The smallest absolute Gasteiger partial charge is 0.328 e. The van der Waals surface area contributed by atoms with Crippen LogP contribution in [-0.2, 0) is 19.7 Å². The first-order chi connectivity index (χ1) is 18.1. The first kappa shape index (κ1) is 28.7. The van der Waals surface area contributed by atoms with Gasteiger partial charge in [0.15, 0.2) is 0 Å². The lowest BCUT2D eigenvalue weighted by Crippen LogP contribution is -2.43. The van der Waals surface area contributed by atoms with Gasteiger partial charge >= 0.3 is 11.9 Å². The number of carbonyl (C=O) groups excluding carboxylic acids is 2. The SMILES string of the molecule is COc1ccnc(C(=O)N[C@@H](C)C(=O)O[C@@H](C)[C@H](Sc2ccccc2)c2ccccc2)c1C(C)(C)C(=O)O. The van der Waals surface area contributed by atoms with Crippen molar-refractivity contribution < 1.29 is 29.0 Å². The minimum Gasteiger partial charge on any atom is -0.496 e. The number of aliphatic carboxylic acids is 1. The topological polar surface area (TPSA) is 115 Å². The van der Waals surface area contributed by atoms with Crippen molar-refractivity contribution in [2.75, 3.05) is 7.11 Å². The molecule has 2 aromatic carbocycles. The molecule has 3 atom stereocenters. The highest BCUT2D eigenvalue weighted by molar-refractivity contribution is 7.99. The van der Waals surface area contributed by atoms with Crippen LogP contribution in [0.2, 0.25) is 0 Å². The molecule has 1 heterocycles. The van der Waals surface area contributed by atoms with E-state index in [0.717, 1.165) is 10.5 Å². The summed E-state index contributed by atoms with van der Waals surface area (Å²) >= 11 is 1.58. The molecule has 3 aromatic rings. The van der Waals surface area contributed by atoms with Gasteiger partial charge in [0.05, 0.1) is 17.8 Å². The van der Waals surface area contributed by atoms with Crippen LogP contribution in [0.5, 0.6) is 5.75 Å². The summed E-state index contributed by atoms with van der Waals surface area (Å²) in [6.45, 7) is 6.24. The molecule has 0 aliphatic carbocycles. The van der Waals surface area contributed by atoms with E-state index in [1.807, 2.05) is 67.6 Å². The normalized spacial score (nSPS) is 13.6. The number of amides is 1. The zero-order valence-corrected chi connectivity index (χ0v) is 22.8. The van der Waals surface area contributed by atoms with Crippen molar-refractivity contribution in [1.82, 2.24) is 10.3 Å². The van der Waals surface area contributed by atoms with E-state index in [9.17, 15) is 19.5 Å². The maximum absolute atomic E-state index is 13.2. The summed E-state index contributed by atoms with van der Waals surface area (Å²) in [6, 6.07) is 20.1. The van der Waals surface area contributed by atoms with Gasteiger partial charge in [-0.2, -0.15) is 0 Å². The summed E-state index contributed by atoms with van der Waals surface area (Å²) in [6.07, 6.45) is 0.830. The fourth-order valence-electron chi connectivity index (χ4n) is 3.89. The lowest BCUT2D eigenvalue weighted by atomic mass is 9.82. The van der Waals surface area contributed by atoms with E-state index in [1.165, 1.54) is 40.1 Å². The first-order valence-electron chi connectivity index (χ1n) is 12.1. The fraction of sp³-hybridized carbons (Fsp3) is 0.310. The van der Waals surface area contributed by atoms with Gasteiger partial charge in [-0.3, -0.25) is 14.6 Å². The number of pyridine rings is 1. The van der Waals surface area contributed by atoms with Crippen molar-refractivity contribution in [1.29, 1.82) is 0 Å². The van der Waals surface area contributed by atoms with Crippen LogP contribution in [-0.4, -0.2) is 47.2 Å². The molecule has 8 nitrogen and oxygen atoms in total. The second-order valence-electron chi connectivity index (χ2n) is 9.27. The third kappa shape index (κ3) is 6.72. The van der Waals surface area contributed by atoms with Gasteiger partial charge in [-0.25, -0.2) is 4.79 Å². The Morgan fingerprint density at radius 3 is 2.16 bits per heavy atom. The van der Waals surface area contributed by atoms with Crippen molar-refractivity contribution >= 4 is 29.6 Å². The third-order valence-corrected chi connectivity index (χ3v) is 7.53. The van der Waals surface area contributed by atoms with E-state index in [2.05, 4.69) is 10.3 Å². The van der Waals surface area contributed by atoms with Crippen molar-refractivity contribution in [3.05, 3.63) is 89.7 Å².